The monoisotopic (exact) mass is 415 g/mol. The first-order chi connectivity index (χ1) is 15.0. The van der Waals surface area contributed by atoms with Crippen molar-refractivity contribution in [2.75, 3.05) is 10.6 Å². The number of amides is 3. The van der Waals surface area contributed by atoms with Crippen LogP contribution in [0.5, 0.6) is 0 Å². The van der Waals surface area contributed by atoms with Gasteiger partial charge in [0, 0.05) is 30.5 Å². The Hall–Kier alpha value is -4.33. The van der Waals surface area contributed by atoms with Gasteiger partial charge in [-0.05, 0) is 48.0 Å². The van der Waals surface area contributed by atoms with Crippen LogP contribution >= 0.6 is 0 Å². The zero-order chi connectivity index (χ0) is 21.8. The van der Waals surface area contributed by atoms with Crippen molar-refractivity contribution in [3.05, 3.63) is 94.4 Å². The lowest BCUT2D eigenvalue weighted by Gasteiger charge is -2.10. The minimum atomic E-state index is -0.349. The summed E-state index contributed by atoms with van der Waals surface area (Å²) < 4.78 is 1.49. The van der Waals surface area contributed by atoms with Gasteiger partial charge in [-0.3, -0.25) is 9.36 Å². The van der Waals surface area contributed by atoms with Crippen LogP contribution < -0.4 is 21.6 Å². The molecule has 4 N–H and O–H groups in total. The van der Waals surface area contributed by atoms with E-state index in [9.17, 15) is 14.4 Å². The van der Waals surface area contributed by atoms with E-state index in [0.717, 1.165) is 11.1 Å². The molecule has 4 rings (SSSR count). The van der Waals surface area contributed by atoms with Gasteiger partial charge in [-0.2, -0.15) is 0 Å². The second-order valence-electron chi connectivity index (χ2n) is 7.05. The number of nitrogens with one attached hydrogen (secondary N) is 4. The van der Waals surface area contributed by atoms with Crippen molar-refractivity contribution in [2.24, 2.45) is 7.05 Å². The van der Waals surface area contributed by atoms with Crippen molar-refractivity contribution in [1.29, 1.82) is 0 Å². The van der Waals surface area contributed by atoms with Gasteiger partial charge >= 0.3 is 11.7 Å². The number of aromatic amines is 1. The van der Waals surface area contributed by atoms with Crippen LogP contribution in [0.3, 0.4) is 0 Å². The predicted molar refractivity (Wildman–Crippen MR) is 120 cm³/mol. The number of hydrogen-bond donors (Lipinski definition) is 4. The van der Waals surface area contributed by atoms with Crippen LogP contribution in [0.15, 0.2) is 77.6 Å². The van der Waals surface area contributed by atoms with Gasteiger partial charge in [0.15, 0.2) is 0 Å². The van der Waals surface area contributed by atoms with Crippen molar-refractivity contribution >= 4 is 34.3 Å². The lowest BCUT2D eigenvalue weighted by Crippen LogP contribution is -2.23. The molecule has 0 aliphatic carbocycles. The number of nitrogens with zero attached hydrogens (tertiary/aromatic N) is 1. The fourth-order valence-electron chi connectivity index (χ4n) is 3.24. The summed E-state index contributed by atoms with van der Waals surface area (Å²) in [6, 6.07) is 21.1. The molecule has 8 heteroatoms. The largest absolute Gasteiger partial charge is 0.348 e. The Balaban J connectivity index is 1.38. The van der Waals surface area contributed by atoms with Crippen LogP contribution in [0, 0.1) is 0 Å². The Morgan fingerprint density at radius 3 is 2.45 bits per heavy atom. The van der Waals surface area contributed by atoms with E-state index >= 15 is 0 Å². The average Bonchev–Trinajstić information content (AvgIpc) is 3.06. The molecule has 0 aliphatic heterocycles. The second-order valence-corrected chi connectivity index (χ2v) is 7.05. The summed E-state index contributed by atoms with van der Waals surface area (Å²) in [6.07, 6.45) is 0. The molecule has 3 amide bonds. The molecule has 3 aromatic carbocycles. The standard InChI is InChI=1S/C23H21N5O3/c1-28-20-11-10-16(13-19(20)27-23(28)31)21(29)24-14-15-6-5-9-18(12-15)26-22(30)25-17-7-3-2-4-8-17/h2-13H,14H2,1H3,(H,24,29)(H,27,31)(H2,25,26,30). The molecular weight excluding hydrogens is 394 g/mol. The van der Waals surface area contributed by atoms with Crippen LogP contribution in [0.1, 0.15) is 15.9 Å². The van der Waals surface area contributed by atoms with Gasteiger partial charge in [0.05, 0.1) is 11.0 Å². The molecule has 31 heavy (non-hydrogen) atoms. The Kier molecular flexibility index (Phi) is 5.53. The first-order valence-electron chi connectivity index (χ1n) is 9.68. The minimum absolute atomic E-state index is 0.229. The van der Waals surface area contributed by atoms with Crippen LogP contribution in [-0.2, 0) is 13.6 Å². The molecule has 0 saturated heterocycles. The van der Waals surface area contributed by atoms with Crippen LogP contribution in [0.4, 0.5) is 16.2 Å². The number of carbonyl (C=O) groups excluding carboxylic acids is 2. The third-order valence-electron chi connectivity index (χ3n) is 4.84. The molecule has 4 aromatic rings. The highest BCUT2D eigenvalue weighted by molar-refractivity contribution is 6.00. The molecule has 1 aromatic heterocycles. The van der Waals surface area contributed by atoms with E-state index in [4.69, 9.17) is 0 Å². The highest BCUT2D eigenvalue weighted by Gasteiger charge is 2.10. The summed E-state index contributed by atoms with van der Waals surface area (Å²) >= 11 is 0. The highest BCUT2D eigenvalue weighted by Crippen LogP contribution is 2.14. The Morgan fingerprint density at radius 1 is 0.903 bits per heavy atom. The highest BCUT2D eigenvalue weighted by atomic mass is 16.2. The number of H-pyrrole nitrogens is 1. The molecule has 0 bridgehead atoms. The summed E-state index contributed by atoms with van der Waals surface area (Å²) in [4.78, 5) is 39.1. The lowest BCUT2D eigenvalue weighted by atomic mass is 10.1. The number of hydrogen-bond acceptors (Lipinski definition) is 3. The van der Waals surface area contributed by atoms with E-state index in [2.05, 4.69) is 20.9 Å². The number of para-hydroxylation sites is 1. The van der Waals surface area contributed by atoms with Gasteiger partial charge in [-0.15, -0.1) is 0 Å². The number of carbonyl (C=O) groups is 2. The van der Waals surface area contributed by atoms with E-state index in [1.807, 2.05) is 24.3 Å². The lowest BCUT2D eigenvalue weighted by molar-refractivity contribution is 0.0951. The van der Waals surface area contributed by atoms with E-state index < -0.39 is 0 Å². The molecule has 156 valence electrons. The van der Waals surface area contributed by atoms with Gasteiger partial charge in [0.25, 0.3) is 5.91 Å². The summed E-state index contributed by atoms with van der Waals surface area (Å²) in [7, 11) is 1.67. The van der Waals surface area contributed by atoms with Gasteiger partial charge in [0.2, 0.25) is 0 Å². The van der Waals surface area contributed by atoms with Gasteiger partial charge in [-0.1, -0.05) is 30.3 Å². The van der Waals surface area contributed by atoms with Crippen LogP contribution in [0.25, 0.3) is 11.0 Å². The number of imidazole rings is 1. The zero-order valence-electron chi connectivity index (χ0n) is 16.8. The number of rotatable bonds is 5. The van der Waals surface area contributed by atoms with E-state index in [0.29, 0.717) is 22.5 Å². The van der Waals surface area contributed by atoms with Gasteiger partial charge < -0.3 is 20.9 Å². The minimum Gasteiger partial charge on any atom is -0.348 e. The smallest absolute Gasteiger partial charge is 0.326 e. The third kappa shape index (κ3) is 4.64. The first kappa shape index (κ1) is 20.0. The number of aromatic nitrogens is 2. The van der Waals surface area contributed by atoms with Crippen molar-refractivity contribution in [3.63, 3.8) is 0 Å². The van der Waals surface area contributed by atoms with E-state index in [-0.39, 0.29) is 24.2 Å². The second kappa shape index (κ2) is 8.58. The molecule has 8 nitrogen and oxygen atoms in total. The van der Waals surface area contributed by atoms with Crippen molar-refractivity contribution in [1.82, 2.24) is 14.9 Å². The molecule has 0 aliphatic rings. The van der Waals surface area contributed by atoms with E-state index in [1.54, 1.807) is 55.6 Å². The number of urea groups is 1. The Morgan fingerprint density at radius 2 is 1.65 bits per heavy atom. The molecule has 0 atom stereocenters. The normalized spacial score (nSPS) is 10.6. The summed E-state index contributed by atoms with van der Waals surface area (Å²) in [5.74, 6) is -0.258. The molecule has 1 heterocycles. The maximum atomic E-state index is 12.5. The number of aryl methyl sites for hydroxylation is 1. The van der Waals surface area contributed by atoms with E-state index in [1.165, 1.54) is 4.57 Å². The average molecular weight is 415 g/mol. The topological polar surface area (TPSA) is 108 Å². The fraction of sp³-hybridized carbons (Fsp3) is 0.0870. The fourth-order valence-corrected chi connectivity index (χ4v) is 3.24. The Labute approximate surface area is 177 Å². The molecular formula is C23H21N5O3. The molecule has 0 fully saturated rings. The number of anilines is 2. The summed E-state index contributed by atoms with van der Waals surface area (Å²) in [5, 5.41) is 8.39. The first-order valence-corrected chi connectivity index (χ1v) is 9.68. The third-order valence-corrected chi connectivity index (χ3v) is 4.84. The Bertz CT molecular complexity index is 1310. The van der Waals surface area contributed by atoms with Crippen molar-refractivity contribution in [2.45, 2.75) is 6.54 Å². The SMILES string of the molecule is Cn1c(=O)[nH]c2cc(C(=O)NCc3cccc(NC(=O)Nc4ccccc4)c3)ccc21. The predicted octanol–water partition coefficient (Wildman–Crippen LogP) is 3.44. The summed E-state index contributed by atoms with van der Waals surface area (Å²) in [6.45, 7) is 0.290. The van der Waals surface area contributed by atoms with Gasteiger partial charge in [-0.25, -0.2) is 9.59 Å². The summed E-state index contributed by atoms with van der Waals surface area (Å²) in [5.41, 5.74) is 3.70. The van der Waals surface area contributed by atoms with Crippen LogP contribution in [-0.4, -0.2) is 21.5 Å². The molecule has 0 saturated carbocycles. The molecule has 0 spiro atoms. The van der Waals surface area contributed by atoms with Crippen LogP contribution in [0.2, 0.25) is 0 Å². The zero-order valence-corrected chi connectivity index (χ0v) is 16.8. The quantitative estimate of drug-likeness (QED) is 0.401. The number of benzene rings is 3. The maximum Gasteiger partial charge on any atom is 0.326 e. The molecule has 0 radical (unpaired) electrons. The molecule has 0 unspecified atom stereocenters. The number of fused-ring (bicyclic) bond motifs is 1. The van der Waals surface area contributed by atoms with Crippen molar-refractivity contribution < 1.29 is 9.59 Å². The van der Waals surface area contributed by atoms with Crippen molar-refractivity contribution in [3.8, 4) is 0 Å². The maximum absolute atomic E-state index is 12.5. The van der Waals surface area contributed by atoms with Gasteiger partial charge in [0.1, 0.15) is 0 Å².